The number of hydrogen-bond donors (Lipinski definition) is 2. The number of aliphatic hydroxyl groups excluding tert-OH is 1. The van der Waals surface area contributed by atoms with E-state index in [-0.39, 0.29) is 49.6 Å². The minimum absolute atomic E-state index is 0.0165. The molecule has 0 radical (unpaired) electrons. The second kappa shape index (κ2) is 8.73. The van der Waals surface area contributed by atoms with E-state index >= 15 is 0 Å². The number of fused-ring (bicyclic) bond motifs is 1. The number of cyclic esters (lactones) is 1. The summed E-state index contributed by atoms with van der Waals surface area (Å²) in [6.45, 7) is 11.1. The minimum atomic E-state index is -1.65. The van der Waals surface area contributed by atoms with Crippen LogP contribution in [-0.4, -0.2) is 92.8 Å². The topological polar surface area (TPSA) is 150 Å². The van der Waals surface area contributed by atoms with Gasteiger partial charge in [0.15, 0.2) is 0 Å². The van der Waals surface area contributed by atoms with Crippen molar-refractivity contribution in [2.45, 2.75) is 138 Å². The first-order chi connectivity index (χ1) is 20.6. The Bertz CT molecular complexity index is 1420. The highest BCUT2D eigenvalue weighted by Gasteiger charge is 2.91. The molecule has 3 saturated carbocycles. The molecule has 14 atom stereocenters. The van der Waals surface area contributed by atoms with Crippen molar-refractivity contribution in [2.24, 2.45) is 23.7 Å². The molecule has 0 aromatic heterocycles. The van der Waals surface area contributed by atoms with Crippen molar-refractivity contribution in [2.75, 3.05) is 0 Å². The fourth-order valence-electron chi connectivity index (χ4n) is 11.0. The van der Waals surface area contributed by atoms with Crippen LogP contribution in [0.2, 0.25) is 0 Å². The van der Waals surface area contributed by atoms with E-state index in [1.54, 1.807) is 32.9 Å². The van der Waals surface area contributed by atoms with E-state index in [9.17, 15) is 24.6 Å². The summed E-state index contributed by atoms with van der Waals surface area (Å²) in [6, 6.07) is 0. The van der Waals surface area contributed by atoms with Crippen LogP contribution in [-0.2, 0) is 42.8 Å². The molecule has 2 N–H and O–H groups in total. The Morgan fingerprint density at radius 3 is 2.55 bits per heavy atom. The summed E-state index contributed by atoms with van der Waals surface area (Å²) in [5.74, 6) is -2.71. The maximum Gasteiger partial charge on any atom is 0.334 e. The number of carbonyl (C=O) groups is 3. The SMILES string of the molecule is CC=C(C)C(=O)O[C@@H]1C[C@H]2C(C)(C)O[C@@H]3CC(=O)O[C@@]32C[C@@]2(O)C[C@H](O)[C@]34O[C@H]([C@@H]5C=C(C)C(=O)O5)[C@@H](C)[C@H]3C[C@@H]3O[C@@]34[C@H]12. The Morgan fingerprint density at radius 2 is 1.86 bits per heavy atom. The molecule has 44 heavy (non-hydrogen) atoms. The number of esters is 3. The van der Waals surface area contributed by atoms with Crippen molar-refractivity contribution in [1.29, 1.82) is 0 Å². The largest absolute Gasteiger partial charge is 0.458 e. The van der Waals surface area contributed by atoms with Crippen LogP contribution in [0, 0.1) is 23.7 Å². The predicted octanol–water partition coefficient (Wildman–Crippen LogP) is 2.05. The fourth-order valence-corrected chi connectivity index (χ4v) is 11.0. The molecule has 0 unspecified atom stereocenters. The first-order valence-electron chi connectivity index (χ1n) is 16.0. The number of epoxide rings is 1. The van der Waals surface area contributed by atoms with Gasteiger partial charge in [-0.1, -0.05) is 13.0 Å². The number of ether oxygens (including phenoxy) is 6. The molecular formula is C33H42O11. The zero-order valence-electron chi connectivity index (χ0n) is 26.0. The van der Waals surface area contributed by atoms with Crippen molar-refractivity contribution >= 4 is 17.9 Å². The average Bonchev–Trinajstić information content (AvgIpc) is 3.10. The number of rotatable bonds is 3. The average molecular weight is 615 g/mol. The summed E-state index contributed by atoms with van der Waals surface area (Å²) in [4.78, 5) is 38.5. The third kappa shape index (κ3) is 3.32. The van der Waals surface area contributed by atoms with Gasteiger partial charge in [-0.05, 0) is 59.5 Å². The van der Waals surface area contributed by atoms with E-state index in [0.717, 1.165) is 0 Å². The quantitative estimate of drug-likeness (QED) is 0.208. The Hall–Kier alpha value is -2.31. The lowest BCUT2D eigenvalue weighted by Gasteiger charge is -2.56. The molecule has 3 aliphatic carbocycles. The van der Waals surface area contributed by atoms with Crippen molar-refractivity contribution in [3.8, 4) is 0 Å². The standard InChI is InChI=1S/C33H42O11/c1-7-14(2)27(36)40-19-10-20-29(5,6)41-22-11-24(35)43-31(20,22)13-30(38)12-21(34)32-17(9-23-33(32,42-23)26(19)30)16(4)25(44-32)18-8-15(3)28(37)39-18/h7-8,16-23,25-26,34,38H,9-13H2,1-6H3/t16-,17+,18-,19+,20-,21-,22+,23-,25-,26+,30-,31+,32+,33+/m0/s1. The van der Waals surface area contributed by atoms with Crippen LogP contribution < -0.4 is 0 Å². The van der Waals surface area contributed by atoms with Gasteiger partial charge in [0.2, 0.25) is 0 Å². The fraction of sp³-hybridized carbons (Fsp3) is 0.788. The molecular weight excluding hydrogens is 572 g/mol. The van der Waals surface area contributed by atoms with E-state index in [2.05, 4.69) is 6.92 Å². The van der Waals surface area contributed by atoms with Crippen LogP contribution in [0.25, 0.3) is 0 Å². The molecule has 0 aromatic carbocycles. The lowest BCUT2D eigenvalue weighted by molar-refractivity contribution is -0.270. The maximum atomic E-state index is 13.4. The molecule has 3 spiro atoms. The highest BCUT2D eigenvalue weighted by atomic mass is 16.7. The molecule has 8 rings (SSSR count). The first kappa shape index (κ1) is 29.1. The van der Waals surface area contributed by atoms with Crippen LogP contribution in [0.1, 0.15) is 73.6 Å². The van der Waals surface area contributed by atoms with Gasteiger partial charge in [-0.15, -0.1) is 0 Å². The van der Waals surface area contributed by atoms with Crippen LogP contribution in [0.15, 0.2) is 23.3 Å². The Kier molecular flexibility index (Phi) is 5.78. The van der Waals surface area contributed by atoms with Crippen LogP contribution in [0.4, 0.5) is 0 Å². The molecule has 5 aliphatic heterocycles. The van der Waals surface area contributed by atoms with Crippen LogP contribution >= 0.6 is 0 Å². The molecule has 11 nitrogen and oxygen atoms in total. The van der Waals surface area contributed by atoms with Crippen molar-refractivity contribution in [3.63, 3.8) is 0 Å². The van der Waals surface area contributed by atoms with Gasteiger partial charge in [0.1, 0.15) is 41.2 Å². The van der Waals surface area contributed by atoms with Gasteiger partial charge < -0.3 is 38.6 Å². The number of carbonyl (C=O) groups excluding carboxylic acids is 3. The van der Waals surface area contributed by atoms with Gasteiger partial charge in [-0.2, -0.15) is 0 Å². The predicted molar refractivity (Wildman–Crippen MR) is 150 cm³/mol. The summed E-state index contributed by atoms with van der Waals surface area (Å²) >= 11 is 0. The van der Waals surface area contributed by atoms with E-state index < -0.39 is 82.3 Å². The maximum absolute atomic E-state index is 13.4. The summed E-state index contributed by atoms with van der Waals surface area (Å²) < 4.78 is 38.1. The zero-order valence-corrected chi connectivity index (χ0v) is 26.0. The number of allylic oxidation sites excluding steroid dienone is 1. The number of hydrogen-bond acceptors (Lipinski definition) is 11. The molecule has 5 heterocycles. The molecule has 4 saturated heterocycles. The van der Waals surface area contributed by atoms with Gasteiger partial charge >= 0.3 is 17.9 Å². The second-order valence-electron chi connectivity index (χ2n) is 15.2. The van der Waals surface area contributed by atoms with Gasteiger partial charge in [0, 0.05) is 35.8 Å². The van der Waals surface area contributed by atoms with Gasteiger partial charge in [0.05, 0.1) is 35.7 Å². The number of aliphatic hydroxyl groups is 2. The zero-order chi connectivity index (χ0) is 31.4. The minimum Gasteiger partial charge on any atom is -0.458 e. The summed E-state index contributed by atoms with van der Waals surface area (Å²) in [5.41, 5.74) is -4.99. The second-order valence-corrected chi connectivity index (χ2v) is 15.2. The van der Waals surface area contributed by atoms with Crippen LogP contribution in [0.3, 0.4) is 0 Å². The normalized spacial score (nSPS) is 54.5. The molecule has 0 aromatic rings. The van der Waals surface area contributed by atoms with E-state index in [1.807, 2.05) is 13.8 Å². The molecule has 11 heteroatoms. The molecule has 0 bridgehead atoms. The summed E-state index contributed by atoms with van der Waals surface area (Å²) in [5, 5.41) is 25.1. The van der Waals surface area contributed by atoms with Crippen molar-refractivity contribution in [3.05, 3.63) is 23.3 Å². The third-order valence-electron chi connectivity index (χ3n) is 12.8. The Balaban J connectivity index is 1.26. The van der Waals surface area contributed by atoms with E-state index in [4.69, 9.17) is 28.4 Å². The Morgan fingerprint density at radius 1 is 1.11 bits per heavy atom. The van der Waals surface area contributed by atoms with Gasteiger partial charge in [-0.25, -0.2) is 9.59 Å². The highest BCUT2D eigenvalue weighted by Crippen LogP contribution is 2.76. The smallest absolute Gasteiger partial charge is 0.334 e. The molecule has 7 fully saturated rings. The first-order valence-corrected chi connectivity index (χ1v) is 16.0. The Labute approximate surface area is 256 Å². The molecule has 8 aliphatic rings. The van der Waals surface area contributed by atoms with Crippen molar-refractivity contribution in [1.82, 2.24) is 0 Å². The lowest BCUT2D eigenvalue weighted by Crippen LogP contribution is -2.72. The third-order valence-corrected chi connectivity index (χ3v) is 12.8. The summed E-state index contributed by atoms with van der Waals surface area (Å²) in [7, 11) is 0. The van der Waals surface area contributed by atoms with Crippen molar-refractivity contribution < 1.29 is 53.0 Å². The highest BCUT2D eigenvalue weighted by molar-refractivity contribution is 5.90. The summed E-state index contributed by atoms with van der Waals surface area (Å²) in [6.07, 6.45) is 0.247. The molecule has 0 amide bonds. The van der Waals surface area contributed by atoms with Crippen LogP contribution in [0.5, 0.6) is 0 Å². The van der Waals surface area contributed by atoms with E-state index in [1.165, 1.54) is 0 Å². The van der Waals surface area contributed by atoms with Gasteiger partial charge in [-0.3, -0.25) is 4.79 Å². The lowest BCUT2D eigenvalue weighted by atomic mass is 9.56. The van der Waals surface area contributed by atoms with Gasteiger partial charge in [0.25, 0.3) is 0 Å². The van der Waals surface area contributed by atoms with E-state index in [0.29, 0.717) is 17.6 Å². The molecule has 240 valence electrons. The monoisotopic (exact) mass is 614 g/mol.